The van der Waals surface area contributed by atoms with Gasteiger partial charge in [0.15, 0.2) is 0 Å². The number of alkyl carbamates (subject to hydrolysis) is 1. The highest BCUT2D eigenvalue weighted by Crippen LogP contribution is 2.20. The Balaban J connectivity index is 2.58. The lowest BCUT2D eigenvalue weighted by molar-refractivity contribution is -0.139. The van der Waals surface area contributed by atoms with Gasteiger partial charge in [-0.05, 0) is 39.5 Å². The number of amides is 4. The molecule has 0 bridgehead atoms. The molecule has 0 aromatic rings. The molecule has 1 aliphatic heterocycles. The minimum atomic E-state index is -1.17. The maximum absolute atomic E-state index is 13.1. The second-order valence-electron chi connectivity index (χ2n) is 9.00. The summed E-state index contributed by atoms with van der Waals surface area (Å²) in [6.07, 6.45) is 0.892. The molecule has 0 unspecified atom stereocenters. The number of piperidine rings is 1. The molecule has 0 radical (unpaired) electrons. The minimum absolute atomic E-state index is 0.0969. The number of nitrogens with one attached hydrogen (secondary N) is 3. The van der Waals surface area contributed by atoms with Gasteiger partial charge in [0.1, 0.15) is 18.2 Å². The molecule has 0 aromatic heterocycles. The number of carbonyl (C=O) groups excluding carboxylic acids is 4. The molecule has 0 aliphatic carbocycles. The van der Waals surface area contributed by atoms with E-state index in [-0.39, 0.29) is 30.2 Å². The van der Waals surface area contributed by atoms with E-state index in [4.69, 9.17) is 9.84 Å². The maximum atomic E-state index is 13.1. The molecular formula is C21H36N4O7. The van der Waals surface area contributed by atoms with E-state index in [9.17, 15) is 24.0 Å². The number of carboxylic acid groups (broad SMARTS) is 1. The lowest BCUT2D eigenvalue weighted by atomic mass is 9.93. The molecule has 2 atom stereocenters. The van der Waals surface area contributed by atoms with E-state index in [1.54, 1.807) is 25.7 Å². The van der Waals surface area contributed by atoms with Crippen LogP contribution in [0.3, 0.4) is 0 Å². The summed E-state index contributed by atoms with van der Waals surface area (Å²) in [6.45, 7) is 8.95. The van der Waals surface area contributed by atoms with Crippen molar-refractivity contribution < 1.29 is 33.8 Å². The molecule has 1 fully saturated rings. The highest BCUT2D eigenvalue weighted by Gasteiger charge is 2.34. The Hall–Kier alpha value is -2.85. The highest BCUT2D eigenvalue weighted by atomic mass is 16.6. The van der Waals surface area contributed by atoms with Crippen molar-refractivity contribution in [2.24, 2.45) is 11.8 Å². The van der Waals surface area contributed by atoms with Crippen LogP contribution in [0.25, 0.3) is 0 Å². The molecule has 0 saturated carbocycles. The number of carboxylic acids is 1. The van der Waals surface area contributed by atoms with Crippen molar-refractivity contribution in [1.82, 2.24) is 20.9 Å². The first-order valence-corrected chi connectivity index (χ1v) is 10.9. The standard InChI is InChI=1S/C21H36N4O7/c1-6-13(2)17(24-20(31)32-21(3,4)5)19(30)25-9-7-14(8-10-25)18(29)23-11-15(26)22-12-16(27)28/h13-14,17H,6-12H2,1-5H3,(H,22,26)(H,23,29)(H,24,31)(H,27,28)/t13-,17-/m0/s1. The highest BCUT2D eigenvalue weighted by molar-refractivity contribution is 5.88. The summed E-state index contributed by atoms with van der Waals surface area (Å²) in [4.78, 5) is 61.2. The minimum Gasteiger partial charge on any atom is -0.480 e. The van der Waals surface area contributed by atoms with Crippen LogP contribution in [0, 0.1) is 11.8 Å². The van der Waals surface area contributed by atoms with Crippen LogP contribution in [0.2, 0.25) is 0 Å². The van der Waals surface area contributed by atoms with Crippen molar-refractivity contribution >= 4 is 29.8 Å². The Kier molecular flexibility index (Phi) is 10.4. The third kappa shape index (κ3) is 9.52. The van der Waals surface area contributed by atoms with E-state index >= 15 is 0 Å². The third-order valence-corrected chi connectivity index (χ3v) is 5.19. The Bertz CT molecular complexity index is 697. The average molecular weight is 457 g/mol. The molecule has 1 aliphatic rings. The fraction of sp³-hybridized carbons (Fsp3) is 0.762. The number of nitrogens with zero attached hydrogens (tertiary/aromatic N) is 1. The molecule has 0 aromatic carbocycles. The summed E-state index contributed by atoms with van der Waals surface area (Å²) >= 11 is 0. The number of hydrogen-bond donors (Lipinski definition) is 4. The smallest absolute Gasteiger partial charge is 0.408 e. The predicted octanol–water partition coefficient (Wildman–Crippen LogP) is 0.481. The topological polar surface area (TPSA) is 154 Å². The number of rotatable bonds is 9. The van der Waals surface area contributed by atoms with Gasteiger partial charge in [0, 0.05) is 19.0 Å². The van der Waals surface area contributed by atoms with Crippen molar-refractivity contribution in [3.05, 3.63) is 0 Å². The SMILES string of the molecule is CC[C@H](C)[C@H](NC(=O)OC(C)(C)C)C(=O)N1CCC(C(=O)NCC(=O)NCC(=O)O)CC1. The van der Waals surface area contributed by atoms with Gasteiger partial charge in [-0.25, -0.2) is 4.79 Å². The number of carbonyl (C=O) groups is 5. The van der Waals surface area contributed by atoms with E-state index in [0.717, 1.165) is 0 Å². The maximum Gasteiger partial charge on any atom is 0.408 e. The zero-order valence-electron chi connectivity index (χ0n) is 19.5. The van der Waals surface area contributed by atoms with E-state index in [1.165, 1.54) is 0 Å². The van der Waals surface area contributed by atoms with Gasteiger partial charge < -0.3 is 30.7 Å². The van der Waals surface area contributed by atoms with Gasteiger partial charge in [-0.15, -0.1) is 0 Å². The van der Waals surface area contributed by atoms with Crippen LogP contribution in [0.4, 0.5) is 4.79 Å². The fourth-order valence-corrected chi connectivity index (χ4v) is 3.22. The number of aliphatic carboxylic acids is 1. The Morgan fingerprint density at radius 3 is 2.16 bits per heavy atom. The monoisotopic (exact) mass is 456 g/mol. The molecule has 4 N–H and O–H groups in total. The van der Waals surface area contributed by atoms with E-state index < -0.39 is 36.2 Å². The first-order chi connectivity index (χ1) is 14.8. The summed E-state index contributed by atoms with van der Waals surface area (Å²) in [5.74, 6) is -2.73. The molecule has 1 heterocycles. The Morgan fingerprint density at radius 2 is 1.66 bits per heavy atom. The quantitative estimate of drug-likeness (QED) is 0.393. The lowest BCUT2D eigenvalue weighted by Gasteiger charge is -2.35. The van der Waals surface area contributed by atoms with Crippen LogP contribution in [-0.2, 0) is 23.9 Å². The number of hydrogen-bond acceptors (Lipinski definition) is 6. The van der Waals surface area contributed by atoms with E-state index in [2.05, 4.69) is 16.0 Å². The molecule has 11 heteroatoms. The molecule has 32 heavy (non-hydrogen) atoms. The fourth-order valence-electron chi connectivity index (χ4n) is 3.22. The summed E-state index contributed by atoms with van der Waals surface area (Å²) in [5.41, 5.74) is -0.677. The van der Waals surface area contributed by atoms with Gasteiger partial charge in [0.25, 0.3) is 0 Å². The molecular weight excluding hydrogens is 420 g/mol. The number of likely N-dealkylation sites (tertiary alicyclic amines) is 1. The summed E-state index contributed by atoms with van der Waals surface area (Å²) in [7, 11) is 0. The third-order valence-electron chi connectivity index (χ3n) is 5.19. The predicted molar refractivity (Wildman–Crippen MR) is 116 cm³/mol. The van der Waals surface area contributed by atoms with Crippen molar-refractivity contribution in [3.8, 4) is 0 Å². The van der Waals surface area contributed by atoms with Crippen molar-refractivity contribution in [2.45, 2.75) is 65.5 Å². The van der Waals surface area contributed by atoms with E-state index in [1.807, 2.05) is 13.8 Å². The normalized spacial score (nSPS) is 16.5. The molecule has 0 spiro atoms. The first kappa shape index (κ1) is 27.2. The Labute approximate surface area is 188 Å². The van der Waals surface area contributed by atoms with Crippen molar-refractivity contribution in [2.75, 3.05) is 26.2 Å². The summed E-state index contributed by atoms with van der Waals surface area (Å²) in [5, 5.41) is 15.9. The van der Waals surface area contributed by atoms with Crippen LogP contribution in [0.1, 0.15) is 53.9 Å². The average Bonchev–Trinajstić information content (AvgIpc) is 2.72. The Morgan fingerprint density at radius 1 is 1.06 bits per heavy atom. The molecule has 182 valence electrons. The lowest BCUT2D eigenvalue weighted by Crippen LogP contribution is -2.54. The van der Waals surface area contributed by atoms with Crippen LogP contribution in [0.5, 0.6) is 0 Å². The van der Waals surface area contributed by atoms with Gasteiger partial charge in [0.2, 0.25) is 17.7 Å². The van der Waals surface area contributed by atoms with Crippen molar-refractivity contribution in [1.29, 1.82) is 0 Å². The first-order valence-electron chi connectivity index (χ1n) is 10.9. The van der Waals surface area contributed by atoms with Gasteiger partial charge in [-0.1, -0.05) is 20.3 Å². The molecule has 11 nitrogen and oxygen atoms in total. The van der Waals surface area contributed by atoms with Crippen LogP contribution in [-0.4, -0.2) is 77.6 Å². The number of ether oxygens (including phenoxy) is 1. The summed E-state index contributed by atoms with van der Waals surface area (Å²) < 4.78 is 5.29. The van der Waals surface area contributed by atoms with Gasteiger partial charge >= 0.3 is 12.1 Å². The van der Waals surface area contributed by atoms with Gasteiger partial charge in [-0.2, -0.15) is 0 Å². The van der Waals surface area contributed by atoms with Gasteiger partial charge in [0.05, 0.1) is 6.54 Å². The van der Waals surface area contributed by atoms with Crippen LogP contribution in [0.15, 0.2) is 0 Å². The second kappa shape index (κ2) is 12.3. The molecule has 4 amide bonds. The zero-order chi connectivity index (χ0) is 24.5. The van der Waals surface area contributed by atoms with Crippen molar-refractivity contribution in [3.63, 3.8) is 0 Å². The van der Waals surface area contributed by atoms with Gasteiger partial charge in [-0.3, -0.25) is 19.2 Å². The van der Waals surface area contributed by atoms with E-state index in [0.29, 0.717) is 32.4 Å². The zero-order valence-corrected chi connectivity index (χ0v) is 19.5. The molecule has 1 saturated heterocycles. The summed E-state index contributed by atoms with van der Waals surface area (Å²) in [6, 6.07) is -0.724. The van der Waals surface area contributed by atoms with Crippen LogP contribution < -0.4 is 16.0 Å². The largest absolute Gasteiger partial charge is 0.480 e. The van der Waals surface area contributed by atoms with Crippen LogP contribution >= 0.6 is 0 Å². The second-order valence-corrected chi connectivity index (χ2v) is 9.00. The molecule has 1 rings (SSSR count).